The molecule has 3 rings (SSSR count). The van der Waals surface area contributed by atoms with Gasteiger partial charge in [-0.15, -0.1) is 0 Å². The Morgan fingerprint density at radius 1 is 0.903 bits per heavy atom. The first-order valence-corrected chi connectivity index (χ1v) is 10.4. The zero-order valence-electron chi connectivity index (χ0n) is 18.0. The second kappa shape index (κ2) is 11.0. The van der Waals surface area contributed by atoms with Crippen molar-refractivity contribution in [1.82, 2.24) is 10.2 Å². The number of ether oxygens (including phenoxy) is 1. The maximum Gasteiger partial charge on any atom is 0.247 e. The van der Waals surface area contributed by atoms with E-state index in [9.17, 15) is 9.59 Å². The van der Waals surface area contributed by atoms with E-state index in [4.69, 9.17) is 4.74 Å². The van der Waals surface area contributed by atoms with Gasteiger partial charge in [-0.3, -0.25) is 9.59 Å². The summed E-state index contributed by atoms with van der Waals surface area (Å²) in [6.07, 6.45) is 0.315. The summed E-state index contributed by atoms with van der Waals surface area (Å²) in [4.78, 5) is 28.0. The number of carbonyl (C=O) groups is 2. The van der Waals surface area contributed by atoms with Gasteiger partial charge in [0.2, 0.25) is 11.8 Å². The SMILES string of the molecule is CCC(=O)N(Cc1ccccc1)C(C(=O)NCc1ccccc1OC)c1ccccc1. The van der Waals surface area contributed by atoms with E-state index in [1.807, 2.05) is 91.9 Å². The molecule has 1 N–H and O–H groups in total. The molecule has 0 saturated heterocycles. The summed E-state index contributed by atoms with van der Waals surface area (Å²) < 4.78 is 5.39. The molecule has 1 atom stereocenters. The topological polar surface area (TPSA) is 58.6 Å². The molecule has 31 heavy (non-hydrogen) atoms. The first kappa shape index (κ1) is 22.1. The molecule has 0 aliphatic carbocycles. The average Bonchev–Trinajstić information content (AvgIpc) is 2.83. The number of hydrogen-bond acceptors (Lipinski definition) is 3. The highest BCUT2D eigenvalue weighted by molar-refractivity contribution is 5.88. The van der Waals surface area contributed by atoms with Crippen LogP contribution in [0.3, 0.4) is 0 Å². The molecule has 0 heterocycles. The predicted octanol–water partition coefficient (Wildman–Crippen LogP) is 4.49. The number of rotatable bonds is 9. The van der Waals surface area contributed by atoms with E-state index in [1.165, 1.54) is 0 Å². The lowest BCUT2D eigenvalue weighted by Gasteiger charge is -2.31. The highest BCUT2D eigenvalue weighted by atomic mass is 16.5. The Hall–Kier alpha value is -3.60. The van der Waals surface area contributed by atoms with Gasteiger partial charge in [-0.1, -0.05) is 85.8 Å². The molecule has 0 radical (unpaired) electrons. The number of benzene rings is 3. The molecule has 5 nitrogen and oxygen atoms in total. The maximum absolute atomic E-state index is 13.4. The first-order valence-electron chi connectivity index (χ1n) is 10.4. The number of hydrogen-bond donors (Lipinski definition) is 1. The number of nitrogens with one attached hydrogen (secondary N) is 1. The average molecular weight is 417 g/mol. The molecule has 0 aromatic heterocycles. The van der Waals surface area contributed by atoms with Crippen LogP contribution in [0.25, 0.3) is 0 Å². The van der Waals surface area contributed by atoms with Crippen molar-refractivity contribution in [3.63, 3.8) is 0 Å². The summed E-state index contributed by atoms with van der Waals surface area (Å²) in [6, 6.07) is 26.0. The normalized spacial score (nSPS) is 11.4. The van der Waals surface area contributed by atoms with Crippen LogP contribution in [0.5, 0.6) is 5.75 Å². The molecule has 0 fully saturated rings. The Balaban J connectivity index is 1.90. The monoisotopic (exact) mass is 416 g/mol. The van der Waals surface area contributed by atoms with E-state index in [2.05, 4.69) is 5.32 Å². The zero-order valence-corrected chi connectivity index (χ0v) is 18.0. The van der Waals surface area contributed by atoms with Crippen LogP contribution in [0.4, 0.5) is 0 Å². The molecule has 0 saturated carbocycles. The molecule has 3 aromatic carbocycles. The van der Waals surface area contributed by atoms with Gasteiger partial charge in [0.25, 0.3) is 0 Å². The number of carbonyl (C=O) groups excluding carboxylic acids is 2. The highest BCUT2D eigenvalue weighted by Gasteiger charge is 2.30. The lowest BCUT2D eigenvalue weighted by molar-refractivity contribution is -0.141. The Morgan fingerprint density at radius 3 is 2.16 bits per heavy atom. The van der Waals surface area contributed by atoms with E-state index in [1.54, 1.807) is 12.0 Å². The number of nitrogens with zero attached hydrogens (tertiary/aromatic N) is 1. The van der Waals surface area contributed by atoms with Gasteiger partial charge in [-0.05, 0) is 17.2 Å². The Morgan fingerprint density at radius 2 is 1.52 bits per heavy atom. The second-order valence-electron chi connectivity index (χ2n) is 7.20. The molecule has 0 aliphatic heterocycles. The van der Waals surface area contributed by atoms with Crippen LogP contribution in [0.15, 0.2) is 84.9 Å². The summed E-state index contributed by atoms with van der Waals surface area (Å²) in [5.74, 6) is 0.407. The van der Waals surface area contributed by atoms with Gasteiger partial charge < -0.3 is 15.0 Å². The van der Waals surface area contributed by atoms with Crippen LogP contribution < -0.4 is 10.1 Å². The van der Waals surface area contributed by atoms with Gasteiger partial charge in [-0.2, -0.15) is 0 Å². The minimum Gasteiger partial charge on any atom is -0.496 e. The standard InChI is InChI=1S/C26H28N2O3/c1-3-24(29)28(19-20-12-6-4-7-13-20)25(21-14-8-5-9-15-21)26(30)27-18-22-16-10-11-17-23(22)31-2/h4-17,25H,3,18-19H2,1-2H3,(H,27,30). The van der Waals surface area contributed by atoms with E-state index in [-0.39, 0.29) is 11.8 Å². The van der Waals surface area contributed by atoms with Crippen molar-refractivity contribution in [2.45, 2.75) is 32.5 Å². The summed E-state index contributed by atoms with van der Waals surface area (Å²) in [6.45, 7) is 2.48. The van der Waals surface area contributed by atoms with Crippen molar-refractivity contribution >= 4 is 11.8 Å². The molecular weight excluding hydrogens is 388 g/mol. The lowest BCUT2D eigenvalue weighted by Crippen LogP contribution is -2.43. The van der Waals surface area contributed by atoms with Gasteiger partial charge in [0.05, 0.1) is 7.11 Å². The largest absolute Gasteiger partial charge is 0.496 e. The fourth-order valence-corrected chi connectivity index (χ4v) is 3.54. The molecule has 0 spiro atoms. The fraction of sp³-hybridized carbons (Fsp3) is 0.231. The Labute approximate surface area is 183 Å². The van der Waals surface area contributed by atoms with Gasteiger partial charge in [0, 0.05) is 25.1 Å². The maximum atomic E-state index is 13.4. The third kappa shape index (κ3) is 5.72. The van der Waals surface area contributed by atoms with Gasteiger partial charge in [0.1, 0.15) is 11.8 Å². The van der Waals surface area contributed by atoms with E-state index < -0.39 is 6.04 Å². The van der Waals surface area contributed by atoms with Crippen molar-refractivity contribution in [1.29, 1.82) is 0 Å². The lowest BCUT2D eigenvalue weighted by atomic mass is 10.0. The van der Waals surface area contributed by atoms with Crippen LogP contribution in [-0.2, 0) is 22.7 Å². The summed E-state index contributed by atoms with van der Waals surface area (Å²) in [5, 5.41) is 3.00. The van der Waals surface area contributed by atoms with Crippen molar-refractivity contribution in [3.05, 3.63) is 102 Å². The molecule has 2 amide bonds. The molecule has 1 unspecified atom stereocenters. The van der Waals surface area contributed by atoms with Crippen LogP contribution in [0.2, 0.25) is 0 Å². The third-order valence-corrected chi connectivity index (χ3v) is 5.14. The van der Waals surface area contributed by atoms with Crippen LogP contribution in [-0.4, -0.2) is 23.8 Å². The van der Waals surface area contributed by atoms with Gasteiger partial charge >= 0.3 is 0 Å². The van der Waals surface area contributed by atoms with Crippen LogP contribution in [0, 0.1) is 0 Å². The molecular formula is C26H28N2O3. The molecule has 3 aromatic rings. The highest BCUT2D eigenvalue weighted by Crippen LogP contribution is 2.25. The molecule has 0 bridgehead atoms. The Kier molecular flexibility index (Phi) is 7.82. The van der Waals surface area contributed by atoms with Crippen molar-refractivity contribution in [2.24, 2.45) is 0 Å². The van der Waals surface area contributed by atoms with E-state index >= 15 is 0 Å². The summed E-state index contributed by atoms with van der Waals surface area (Å²) in [5.41, 5.74) is 2.63. The number of para-hydroxylation sites is 1. The predicted molar refractivity (Wildman–Crippen MR) is 121 cm³/mol. The smallest absolute Gasteiger partial charge is 0.247 e. The minimum atomic E-state index is -0.733. The van der Waals surface area contributed by atoms with E-state index in [0.29, 0.717) is 25.3 Å². The molecule has 160 valence electrons. The first-order chi connectivity index (χ1) is 15.1. The molecule has 0 aliphatic rings. The van der Waals surface area contributed by atoms with Crippen molar-refractivity contribution in [2.75, 3.05) is 7.11 Å². The third-order valence-electron chi connectivity index (χ3n) is 5.14. The second-order valence-corrected chi connectivity index (χ2v) is 7.20. The number of amides is 2. The number of methoxy groups -OCH3 is 1. The quantitative estimate of drug-likeness (QED) is 0.559. The zero-order chi connectivity index (χ0) is 22.1. The van der Waals surface area contributed by atoms with Crippen molar-refractivity contribution in [3.8, 4) is 5.75 Å². The van der Waals surface area contributed by atoms with Gasteiger partial charge in [-0.25, -0.2) is 0 Å². The van der Waals surface area contributed by atoms with Gasteiger partial charge in [0.15, 0.2) is 0 Å². The van der Waals surface area contributed by atoms with Crippen LogP contribution >= 0.6 is 0 Å². The fourth-order valence-electron chi connectivity index (χ4n) is 3.54. The van der Waals surface area contributed by atoms with E-state index in [0.717, 1.165) is 16.7 Å². The minimum absolute atomic E-state index is 0.0786. The van der Waals surface area contributed by atoms with Crippen LogP contribution in [0.1, 0.15) is 36.1 Å². The summed E-state index contributed by atoms with van der Waals surface area (Å²) in [7, 11) is 1.61. The van der Waals surface area contributed by atoms with Crippen molar-refractivity contribution < 1.29 is 14.3 Å². The Bertz CT molecular complexity index is 990. The molecule has 5 heteroatoms. The summed E-state index contributed by atoms with van der Waals surface area (Å²) >= 11 is 0.